The highest BCUT2D eigenvalue weighted by atomic mass is 16.2. The Morgan fingerprint density at radius 2 is 1.76 bits per heavy atom. The molecule has 0 radical (unpaired) electrons. The summed E-state index contributed by atoms with van der Waals surface area (Å²) >= 11 is 0. The highest BCUT2D eigenvalue weighted by molar-refractivity contribution is 6.01. The molecular weight excluding hydrogens is 424 g/mol. The van der Waals surface area contributed by atoms with Crippen LogP contribution in [0.15, 0.2) is 54.6 Å². The van der Waals surface area contributed by atoms with Crippen LogP contribution in [0.25, 0.3) is 11.0 Å². The van der Waals surface area contributed by atoms with E-state index in [1.165, 1.54) is 0 Å². The minimum atomic E-state index is -1.00. The quantitative estimate of drug-likeness (QED) is 0.600. The molecule has 1 aromatic heterocycles. The van der Waals surface area contributed by atoms with Crippen LogP contribution >= 0.6 is 0 Å². The van der Waals surface area contributed by atoms with Gasteiger partial charge < -0.3 is 14.8 Å². The van der Waals surface area contributed by atoms with Crippen LogP contribution in [0.5, 0.6) is 0 Å². The van der Waals surface area contributed by atoms with Crippen molar-refractivity contribution in [3.05, 3.63) is 66.0 Å². The fraction of sp³-hybridized carbons (Fsp3) is 0.464. The molecule has 2 unspecified atom stereocenters. The number of para-hydroxylation sites is 2. The van der Waals surface area contributed by atoms with Gasteiger partial charge in [0.25, 0.3) is 5.91 Å². The van der Waals surface area contributed by atoms with Crippen molar-refractivity contribution < 1.29 is 9.59 Å². The molecular formula is C28H34N4O2. The van der Waals surface area contributed by atoms with E-state index in [1.807, 2.05) is 54.0 Å². The second kappa shape index (κ2) is 8.90. The van der Waals surface area contributed by atoms with Crippen molar-refractivity contribution in [2.45, 2.75) is 70.5 Å². The maximum Gasteiger partial charge on any atom is 0.290 e. The molecule has 178 valence electrons. The number of nitrogens with one attached hydrogen (secondary N) is 1. The molecule has 2 heterocycles. The fourth-order valence-corrected chi connectivity index (χ4v) is 5.52. The molecule has 0 bridgehead atoms. The minimum absolute atomic E-state index is 0.0657. The highest BCUT2D eigenvalue weighted by Crippen LogP contribution is 2.33. The number of aromatic nitrogens is 2. The summed E-state index contributed by atoms with van der Waals surface area (Å²) in [6.07, 6.45) is 4.25. The largest absolute Gasteiger partial charge is 0.351 e. The zero-order valence-corrected chi connectivity index (χ0v) is 20.3. The molecule has 3 aromatic rings. The molecule has 1 aliphatic carbocycles. The van der Waals surface area contributed by atoms with E-state index in [2.05, 4.69) is 36.3 Å². The van der Waals surface area contributed by atoms with Gasteiger partial charge in [-0.1, -0.05) is 56.3 Å². The standard InChI is InChI=1S/C28H34N4O2/c1-19-13-15-22(16-14-19)29-27(34)28(3)18-31-24-12-8-7-11-23(24)30-25(31)26(33)32(28)17-20(2)21-9-5-4-6-10-21/h4-12,19-20,22H,13-18H2,1-3H3,(H,29,34). The van der Waals surface area contributed by atoms with Crippen molar-refractivity contribution in [2.24, 2.45) is 5.92 Å². The Bertz CT molecular complexity index is 1200. The van der Waals surface area contributed by atoms with Gasteiger partial charge in [-0.3, -0.25) is 9.59 Å². The normalized spacial score (nSPS) is 25.7. The van der Waals surface area contributed by atoms with Gasteiger partial charge in [0.2, 0.25) is 5.91 Å². The molecule has 6 nitrogen and oxygen atoms in total. The van der Waals surface area contributed by atoms with Gasteiger partial charge in [-0.25, -0.2) is 4.98 Å². The second-order valence-electron chi connectivity index (χ2n) is 10.4. The zero-order chi connectivity index (χ0) is 23.9. The van der Waals surface area contributed by atoms with E-state index in [0.717, 1.165) is 42.3 Å². The lowest BCUT2D eigenvalue weighted by molar-refractivity contribution is -0.134. The van der Waals surface area contributed by atoms with Crippen LogP contribution in [0.2, 0.25) is 0 Å². The molecule has 1 fully saturated rings. The van der Waals surface area contributed by atoms with Gasteiger partial charge in [0.1, 0.15) is 5.54 Å². The first-order chi connectivity index (χ1) is 16.4. The number of amides is 2. The Labute approximate surface area is 201 Å². The summed E-state index contributed by atoms with van der Waals surface area (Å²) in [5.74, 6) is 0.967. The summed E-state index contributed by atoms with van der Waals surface area (Å²) in [6, 6.07) is 18.1. The second-order valence-corrected chi connectivity index (χ2v) is 10.4. The Morgan fingerprint density at radius 3 is 2.50 bits per heavy atom. The SMILES string of the molecule is CC1CCC(NC(=O)C2(C)Cn3c(nc4ccccc43)C(=O)N2CC(C)c2ccccc2)CC1. The number of hydrogen-bond donors (Lipinski definition) is 1. The number of fused-ring (bicyclic) bond motifs is 3. The summed E-state index contributed by atoms with van der Waals surface area (Å²) in [7, 11) is 0. The maximum atomic E-state index is 13.9. The summed E-state index contributed by atoms with van der Waals surface area (Å²) in [6.45, 7) is 7.16. The van der Waals surface area contributed by atoms with Gasteiger partial charge in [0.15, 0.2) is 5.82 Å². The summed E-state index contributed by atoms with van der Waals surface area (Å²) in [5, 5.41) is 3.32. The third kappa shape index (κ3) is 3.99. The van der Waals surface area contributed by atoms with Crippen LogP contribution in [0.1, 0.15) is 68.6 Å². The predicted molar refractivity (Wildman–Crippen MR) is 134 cm³/mol. The van der Waals surface area contributed by atoms with Gasteiger partial charge in [-0.2, -0.15) is 0 Å². The number of carbonyl (C=O) groups excluding carboxylic acids is 2. The number of rotatable bonds is 5. The molecule has 0 spiro atoms. The molecule has 1 saturated carbocycles. The zero-order valence-electron chi connectivity index (χ0n) is 20.3. The molecule has 1 N–H and O–H groups in total. The number of carbonyl (C=O) groups is 2. The minimum Gasteiger partial charge on any atom is -0.351 e. The summed E-state index contributed by atoms with van der Waals surface area (Å²) < 4.78 is 1.93. The van der Waals surface area contributed by atoms with Crippen LogP contribution in [-0.4, -0.2) is 44.4 Å². The van der Waals surface area contributed by atoms with E-state index in [9.17, 15) is 9.59 Å². The maximum absolute atomic E-state index is 13.9. The van der Waals surface area contributed by atoms with Crippen LogP contribution < -0.4 is 5.32 Å². The predicted octanol–water partition coefficient (Wildman–Crippen LogP) is 4.75. The number of hydrogen-bond acceptors (Lipinski definition) is 3. The van der Waals surface area contributed by atoms with E-state index < -0.39 is 5.54 Å². The summed E-state index contributed by atoms with van der Waals surface area (Å²) in [5.41, 5.74) is 1.83. The van der Waals surface area contributed by atoms with Crippen molar-refractivity contribution in [3.63, 3.8) is 0 Å². The van der Waals surface area contributed by atoms with Crippen molar-refractivity contribution >= 4 is 22.8 Å². The van der Waals surface area contributed by atoms with Gasteiger partial charge >= 0.3 is 0 Å². The highest BCUT2D eigenvalue weighted by Gasteiger charge is 2.49. The lowest BCUT2D eigenvalue weighted by Crippen LogP contribution is -2.65. The van der Waals surface area contributed by atoms with Crippen LogP contribution in [0, 0.1) is 5.92 Å². The Morgan fingerprint density at radius 1 is 1.09 bits per heavy atom. The van der Waals surface area contributed by atoms with E-state index in [-0.39, 0.29) is 23.8 Å². The molecule has 2 atom stereocenters. The Hall–Kier alpha value is -3.15. The molecule has 2 aliphatic rings. The van der Waals surface area contributed by atoms with Crippen molar-refractivity contribution in [3.8, 4) is 0 Å². The van der Waals surface area contributed by atoms with E-state index in [1.54, 1.807) is 4.90 Å². The first kappa shape index (κ1) is 22.6. The smallest absolute Gasteiger partial charge is 0.290 e. The molecule has 2 amide bonds. The van der Waals surface area contributed by atoms with Crippen LogP contribution in [-0.2, 0) is 11.3 Å². The molecule has 2 aromatic carbocycles. The topological polar surface area (TPSA) is 67.2 Å². The van der Waals surface area contributed by atoms with E-state index in [4.69, 9.17) is 0 Å². The lowest BCUT2D eigenvalue weighted by atomic mass is 9.86. The number of imidazole rings is 1. The van der Waals surface area contributed by atoms with E-state index >= 15 is 0 Å². The fourth-order valence-electron chi connectivity index (χ4n) is 5.52. The van der Waals surface area contributed by atoms with Crippen molar-refractivity contribution in [1.82, 2.24) is 19.8 Å². The van der Waals surface area contributed by atoms with Crippen LogP contribution in [0.4, 0.5) is 0 Å². The van der Waals surface area contributed by atoms with E-state index in [0.29, 0.717) is 24.8 Å². The first-order valence-electron chi connectivity index (χ1n) is 12.5. The van der Waals surface area contributed by atoms with Gasteiger partial charge in [-0.05, 0) is 62.1 Å². The number of benzene rings is 2. The van der Waals surface area contributed by atoms with Gasteiger partial charge in [0.05, 0.1) is 17.6 Å². The van der Waals surface area contributed by atoms with Gasteiger partial charge in [-0.15, -0.1) is 0 Å². The summed E-state index contributed by atoms with van der Waals surface area (Å²) in [4.78, 5) is 34.2. The third-order valence-electron chi connectivity index (χ3n) is 7.82. The first-order valence-corrected chi connectivity index (χ1v) is 12.5. The van der Waals surface area contributed by atoms with Crippen LogP contribution in [0.3, 0.4) is 0 Å². The molecule has 34 heavy (non-hydrogen) atoms. The Balaban J connectivity index is 1.50. The molecule has 6 heteroatoms. The third-order valence-corrected chi connectivity index (χ3v) is 7.82. The average molecular weight is 459 g/mol. The van der Waals surface area contributed by atoms with Crippen molar-refractivity contribution in [1.29, 1.82) is 0 Å². The van der Waals surface area contributed by atoms with Gasteiger partial charge in [0, 0.05) is 12.6 Å². The van der Waals surface area contributed by atoms with Crippen molar-refractivity contribution in [2.75, 3.05) is 6.54 Å². The Kier molecular flexibility index (Phi) is 5.92. The average Bonchev–Trinajstić information content (AvgIpc) is 3.22. The molecule has 1 aliphatic heterocycles. The molecule has 0 saturated heterocycles. The number of nitrogens with zero attached hydrogens (tertiary/aromatic N) is 3. The lowest BCUT2D eigenvalue weighted by Gasteiger charge is -2.45. The monoisotopic (exact) mass is 458 g/mol. The molecule has 5 rings (SSSR count).